The van der Waals surface area contributed by atoms with Gasteiger partial charge in [-0.2, -0.15) is 0 Å². The van der Waals surface area contributed by atoms with E-state index in [-0.39, 0.29) is 13.0 Å². The normalized spacial score (nSPS) is 16.9. The van der Waals surface area contributed by atoms with Gasteiger partial charge in [0.25, 0.3) is 0 Å². The van der Waals surface area contributed by atoms with Gasteiger partial charge in [-0.1, -0.05) is 32.6 Å². The molecule has 9 nitrogen and oxygen atoms in total. The number of phosphoric ester groups is 1. The van der Waals surface area contributed by atoms with Crippen molar-refractivity contribution in [3.63, 3.8) is 0 Å². The molecule has 0 fully saturated rings. The molecule has 0 aliphatic rings. The van der Waals surface area contributed by atoms with Gasteiger partial charge in [0.05, 0.1) is 27.7 Å². The van der Waals surface area contributed by atoms with Crippen molar-refractivity contribution in [3.8, 4) is 0 Å². The summed E-state index contributed by atoms with van der Waals surface area (Å²) >= 11 is 0. The van der Waals surface area contributed by atoms with Crippen molar-refractivity contribution in [1.29, 1.82) is 0 Å². The summed E-state index contributed by atoms with van der Waals surface area (Å²) in [6, 6.07) is 0. The summed E-state index contributed by atoms with van der Waals surface area (Å²) < 4.78 is 22.4. The quantitative estimate of drug-likeness (QED) is 0.118. The lowest BCUT2D eigenvalue weighted by atomic mass is 10.0. The molecule has 2 unspecified atom stereocenters. The standard InChI is InChI=1S/C16H34NO8P/c1-5-6-7-8-9-10-14(19)16(15(13-18)24-20)25-26(21,22)23-12-11-17(2,3)4/h15-16,18H,5-13H2,1-4H3,(H-,20,21,22)/p+1/t15-,16?/m0/s1. The summed E-state index contributed by atoms with van der Waals surface area (Å²) in [5.41, 5.74) is 0. The van der Waals surface area contributed by atoms with E-state index in [4.69, 9.17) is 14.3 Å². The average molecular weight is 400 g/mol. The SMILES string of the molecule is CCCCCCCC(=O)C(OP(=O)(O)OCC[N+](C)(C)C)[C@H](CO)OO. The van der Waals surface area contributed by atoms with Crippen molar-refractivity contribution in [3.05, 3.63) is 0 Å². The third-order valence-corrected chi connectivity index (χ3v) is 4.76. The smallest absolute Gasteiger partial charge is 0.393 e. The highest BCUT2D eigenvalue weighted by Crippen LogP contribution is 2.45. The van der Waals surface area contributed by atoms with E-state index < -0.39 is 32.4 Å². The van der Waals surface area contributed by atoms with Gasteiger partial charge in [0.15, 0.2) is 11.9 Å². The molecule has 0 heterocycles. The Kier molecular flexibility index (Phi) is 12.7. The van der Waals surface area contributed by atoms with Crippen molar-refractivity contribution >= 4 is 13.6 Å². The number of phosphoric acid groups is 1. The topological polar surface area (TPSA) is 123 Å². The van der Waals surface area contributed by atoms with Crippen molar-refractivity contribution in [2.45, 2.75) is 57.7 Å². The number of ketones is 1. The second-order valence-corrected chi connectivity index (χ2v) is 8.70. The number of hydrogen-bond acceptors (Lipinski definition) is 7. The van der Waals surface area contributed by atoms with Gasteiger partial charge in [-0.05, 0) is 6.42 Å². The molecule has 0 spiro atoms. The molecule has 0 saturated heterocycles. The summed E-state index contributed by atoms with van der Waals surface area (Å²) in [4.78, 5) is 26.2. The van der Waals surface area contributed by atoms with Crippen LogP contribution in [0.15, 0.2) is 0 Å². The Hall–Kier alpha value is -0.380. The van der Waals surface area contributed by atoms with E-state index in [1.54, 1.807) is 0 Å². The van der Waals surface area contributed by atoms with E-state index in [2.05, 4.69) is 11.8 Å². The number of unbranched alkanes of at least 4 members (excludes halogenated alkanes) is 4. The summed E-state index contributed by atoms with van der Waals surface area (Å²) in [5, 5.41) is 18.1. The van der Waals surface area contributed by atoms with Crippen LogP contribution >= 0.6 is 7.82 Å². The molecule has 0 aromatic carbocycles. The molecule has 0 saturated carbocycles. The van der Waals surface area contributed by atoms with Gasteiger partial charge in [0, 0.05) is 6.42 Å². The molecule has 3 atom stereocenters. The van der Waals surface area contributed by atoms with Crippen LogP contribution in [-0.2, 0) is 23.3 Å². The lowest BCUT2D eigenvalue weighted by molar-refractivity contribution is -0.870. The van der Waals surface area contributed by atoms with Gasteiger partial charge in [-0.25, -0.2) is 9.45 Å². The number of aliphatic hydroxyl groups excluding tert-OH is 1. The molecule has 0 aromatic heterocycles. The Labute approximate surface area is 156 Å². The average Bonchev–Trinajstić information content (AvgIpc) is 2.53. The minimum atomic E-state index is -4.55. The second kappa shape index (κ2) is 12.9. The monoisotopic (exact) mass is 400 g/mol. The number of carbonyl (C=O) groups is 1. The van der Waals surface area contributed by atoms with E-state index >= 15 is 0 Å². The van der Waals surface area contributed by atoms with Gasteiger partial charge < -0.3 is 14.5 Å². The van der Waals surface area contributed by atoms with Gasteiger partial charge in [0.1, 0.15) is 19.3 Å². The van der Waals surface area contributed by atoms with Crippen LogP contribution in [0.5, 0.6) is 0 Å². The Bertz CT molecular complexity index is 436. The third-order valence-electron chi connectivity index (χ3n) is 3.76. The van der Waals surface area contributed by atoms with Crippen LogP contribution in [0.25, 0.3) is 0 Å². The van der Waals surface area contributed by atoms with Gasteiger partial charge in [0.2, 0.25) is 0 Å². The maximum Gasteiger partial charge on any atom is 0.473 e. The van der Waals surface area contributed by atoms with Crippen LogP contribution in [0.1, 0.15) is 45.4 Å². The fourth-order valence-corrected chi connectivity index (χ4v) is 3.08. The number of carbonyl (C=O) groups excluding carboxylic acids is 1. The molecule has 0 radical (unpaired) electrons. The number of hydrogen-bond donors (Lipinski definition) is 3. The largest absolute Gasteiger partial charge is 0.473 e. The fraction of sp³-hybridized carbons (Fsp3) is 0.938. The third kappa shape index (κ3) is 12.1. The van der Waals surface area contributed by atoms with Crippen LogP contribution in [-0.4, -0.2) is 78.6 Å². The maximum absolute atomic E-state index is 12.3. The summed E-state index contributed by atoms with van der Waals surface area (Å²) in [5.74, 6) is -0.529. The Morgan fingerprint density at radius 2 is 1.77 bits per heavy atom. The molecule has 0 amide bonds. The molecular formula is C16H35NO8P+. The molecule has 26 heavy (non-hydrogen) atoms. The minimum absolute atomic E-state index is 0.0566. The molecule has 3 N–H and O–H groups in total. The Morgan fingerprint density at radius 3 is 2.27 bits per heavy atom. The zero-order chi connectivity index (χ0) is 20.2. The minimum Gasteiger partial charge on any atom is -0.393 e. The summed E-state index contributed by atoms with van der Waals surface area (Å²) in [7, 11) is 1.11. The van der Waals surface area contributed by atoms with E-state index in [0.717, 1.165) is 25.7 Å². The highest BCUT2D eigenvalue weighted by molar-refractivity contribution is 7.47. The number of nitrogens with zero attached hydrogens (tertiary/aromatic N) is 1. The van der Waals surface area contributed by atoms with Crippen molar-refractivity contribution in [2.75, 3.05) is 40.9 Å². The first kappa shape index (κ1) is 25.6. The Morgan fingerprint density at radius 1 is 1.15 bits per heavy atom. The first-order valence-electron chi connectivity index (χ1n) is 8.96. The zero-order valence-electron chi connectivity index (χ0n) is 16.3. The maximum atomic E-state index is 12.3. The molecule has 0 bridgehead atoms. The number of rotatable bonds is 16. The van der Waals surface area contributed by atoms with Crippen molar-refractivity contribution in [2.24, 2.45) is 0 Å². The van der Waals surface area contributed by atoms with Crippen LogP contribution in [0.2, 0.25) is 0 Å². The van der Waals surface area contributed by atoms with E-state index in [9.17, 15) is 19.4 Å². The molecule has 156 valence electrons. The lowest BCUT2D eigenvalue weighted by Crippen LogP contribution is -2.40. The Balaban J connectivity index is 4.75. The number of likely N-dealkylation sites (N-methyl/N-ethyl adjacent to an activating group) is 1. The van der Waals surface area contributed by atoms with Gasteiger partial charge in [-0.3, -0.25) is 19.1 Å². The molecule has 0 aromatic rings. The summed E-state index contributed by atoms with van der Waals surface area (Å²) in [6.45, 7) is 1.72. The van der Waals surface area contributed by atoms with Crippen LogP contribution < -0.4 is 0 Å². The molecule has 0 aliphatic carbocycles. The predicted octanol–water partition coefficient (Wildman–Crippen LogP) is 1.97. The van der Waals surface area contributed by atoms with Crippen LogP contribution in [0, 0.1) is 0 Å². The van der Waals surface area contributed by atoms with Crippen molar-refractivity contribution < 1.29 is 43.0 Å². The number of quaternary nitrogens is 1. The predicted molar refractivity (Wildman–Crippen MR) is 96.5 cm³/mol. The van der Waals surface area contributed by atoms with Crippen LogP contribution in [0.4, 0.5) is 0 Å². The first-order chi connectivity index (χ1) is 12.1. The molecule has 0 aliphatic heterocycles. The van der Waals surface area contributed by atoms with Gasteiger partial charge in [-0.15, -0.1) is 0 Å². The molecular weight excluding hydrogens is 365 g/mol. The van der Waals surface area contributed by atoms with Gasteiger partial charge >= 0.3 is 7.82 Å². The highest BCUT2D eigenvalue weighted by Gasteiger charge is 2.37. The molecule has 10 heteroatoms. The number of aliphatic hydroxyl groups is 1. The van der Waals surface area contributed by atoms with E-state index in [1.165, 1.54) is 0 Å². The second-order valence-electron chi connectivity index (χ2n) is 7.30. The highest BCUT2D eigenvalue weighted by atomic mass is 31.2. The van der Waals surface area contributed by atoms with Crippen molar-refractivity contribution in [1.82, 2.24) is 0 Å². The molecule has 0 rings (SSSR count). The lowest BCUT2D eigenvalue weighted by Gasteiger charge is -2.26. The van der Waals surface area contributed by atoms with E-state index in [0.29, 0.717) is 17.4 Å². The van der Waals surface area contributed by atoms with Crippen LogP contribution in [0.3, 0.4) is 0 Å². The first-order valence-corrected chi connectivity index (χ1v) is 10.5. The number of Topliss-reactive ketones (excluding diaryl/α,β-unsaturated/α-hetero) is 1. The zero-order valence-corrected chi connectivity index (χ0v) is 17.2. The summed E-state index contributed by atoms with van der Waals surface area (Å²) in [6.07, 6.45) is 1.60. The fourth-order valence-electron chi connectivity index (χ4n) is 2.17. The van der Waals surface area contributed by atoms with E-state index in [1.807, 2.05) is 21.1 Å².